The van der Waals surface area contributed by atoms with E-state index in [-0.39, 0.29) is 12.4 Å². The van der Waals surface area contributed by atoms with Gasteiger partial charge in [0.2, 0.25) is 0 Å². The molecule has 0 aliphatic carbocycles. The Balaban J connectivity index is 1.79. The van der Waals surface area contributed by atoms with Crippen molar-refractivity contribution in [3.63, 3.8) is 0 Å². The second kappa shape index (κ2) is 6.16. The fraction of sp³-hybridized carbons (Fsp3) is 0.500. The van der Waals surface area contributed by atoms with E-state index in [1.807, 2.05) is 6.07 Å². The summed E-state index contributed by atoms with van der Waals surface area (Å²) in [7, 11) is 0. The molecule has 21 heavy (non-hydrogen) atoms. The fourth-order valence-electron chi connectivity index (χ4n) is 2.83. The normalized spacial score (nSPS) is 15.4. The van der Waals surface area contributed by atoms with Crippen LogP contribution in [0, 0.1) is 0 Å². The van der Waals surface area contributed by atoms with Gasteiger partial charge in [-0.25, -0.2) is 4.98 Å². The molecule has 1 aromatic carbocycles. The van der Waals surface area contributed by atoms with Crippen molar-refractivity contribution in [2.75, 3.05) is 24.6 Å². The average molecular weight is 287 g/mol. The number of H-pyrrole nitrogens is 1. The van der Waals surface area contributed by atoms with Gasteiger partial charge in [0.05, 0.1) is 17.6 Å². The Bertz CT molecular complexity index is 629. The number of piperidine rings is 1. The molecule has 1 aromatic heterocycles. The van der Waals surface area contributed by atoms with E-state index in [0.29, 0.717) is 12.4 Å². The number of imidazole rings is 1. The minimum atomic E-state index is -0.243. The zero-order valence-corrected chi connectivity index (χ0v) is 12.4. The molecule has 2 heterocycles. The third-order valence-electron chi connectivity index (χ3n) is 3.85. The van der Waals surface area contributed by atoms with E-state index in [1.165, 1.54) is 24.9 Å². The van der Waals surface area contributed by atoms with E-state index < -0.39 is 0 Å². The Hall–Kier alpha value is -2.04. The molecule has 1 N–H and O–H groups in total. The number of aromatic nitrogens is 2. The zero-order chi connectivity index (χ0) is 14.7. The summed E-state index contributed by atoms with van der Waals surface area (Å²) in [5.74, 6) is 0.423. The number of nitrogens with zero attached hydrogens (tertiary/aromatic N) is 2. The van der Waals surface area contributed by atoms with Crippen LogP contribution in [0.1, 0.15) is 32.0 Å². The highest BCUT2D eigenvalue weighted by Gasteiger charge is 2.13. The highest BCUT2D eigenvalue weighted by Crippen LogP contribution is 2.23. The first-order chi connectivity index (χ1) is 10.3. The van der Waals surface area contributed by atoms with Crippen LogP contribution in [0.3, 0.4) is 0 Å². The van der Waals surface area contributed by atoms with Crippen LogP contribution in [0.4, 0.5) is 5.69 Å². The quantitative estimate of drug-likeness (QED) is 0.878. The van der Waals surface area contributed by atoms with Crippen molar-refractivity contribution in [3.8, 4) is 0 Å². The van der Waals surface area contributed by atoms with Gasteiger partial charge in [0.25, 0.3) is 0 Å². The second-order valence-corrected chi connectivity index (χ2v) is 5.41. The number of anilines is 1. The summed E-state index contributed by atoms with van der Waals surface area (Å²) >= 11 is 0. The van der Waals surface area contributed by atoms with E-state index in [4.69, 9.17) is 4.74 Å². The maximum absolute atomic E-state index is 11.5. The first-order valence-corrected chi connectivity index (χ1v) is 7.65. The molecule has 0 atom stereocenters. The molecule has 1 aliphatic heterocycles. The van der Waals surface area contributed by atoms with Crippen molar-refractivity contribution in [1.29, 1.82) is 0 Å². The first-order valence-electron chi connectivity index (χ1n) is 7.65. The first kappa shape index (κ1) is 13.9. The van der Waals surface area contributed by atoms with Gasteiger partial charge in [-0.2, -0.15) is 0 Å². The van der Waals surface area contributed by atoms with Crippen molar-refractivity contribution in [1.82, 2.24) is 9.97 Å². The predicted octanol–water partition coefficient (Wildman–Crippen LogP) is 2.66. The van der Waals surface area contributed by atoms with Gasteiger partial charge in [-0.1, -0.05) is 0 Å². The molecular formula is C16H21N3O2. The largest absolute Gasteiger partial charge is 0.466 e. The van der Waals surface area contributed by atoms with Gasteiger partial charge in [-0.3, -0.25) is 4.79 Å². The molecule has 5 heteroatoms. The number of nitrogens with one attached hydrogen (secondary N) is 1. The number of carbonyl (C=O) groups is 1. The highest BCUT2D eigenvalue weighted by molar-refractivity contribution is 5.81. The molecule has 1 aliphatic rings. The minimum absolute atomic E-state index is 0.196. The maximum Gasteiger partial charge on any atom is 0.313 e. The summed E-state index contributed by atoms with van der Waals surface area (Å²) in [4.78, 5) is 21.6. The van der Waals surface area contributed by atoms with Gasteiger partial charge >= 0.3 is 5.97 Å². The van der Waals surface area contributed by atoms with Gasteiger partial charge in [0, 0.05) is 18.8 Å². The molecule has 0 bridgehead atoms. The Kier molecular flexibility index (Phi) is 4.08. The van der Waals surface area contributed by atoms with Crippen molar-refractivity contribution in [2.45, 2.75) is 32.6 Å². The minimum Gasteiger partial charge on any atom is -0.466 e. The van der Waals surface area contributed by atoms with Crippen molar-refractivity contribution in [3.05, 3.63) is 24.0 Å². The third kappa shape index (κ3) is 3.17. The number of rotatable bonds is 4. The molecule has 0 unspecified atom stereocenters. The van der Waals surface area contributed by atoms with Gasteiger partial charge in [0.1, 0.15) is 12.2 Å². The molecule has 1 fully saturated rings. The Morgan fingerprint density at radius 3 is 2.90 bits per heavy atom. The summed E-state index contributed by atoms with van der Waals surface area (Å²) in [6, 6.07) is 6.26. The molecule has 0 saturated carbocycles. The Labute approximate surface area is 124 Å². The van der Waals surface area contributed by atoms with E-state index in [0.717, 1.165) is 24.1 Å². The van der Waals surface area contributed by atoms with E-state index in [1.54, 1.807) is 6.92 Å². The van der Waals surface area contributed by atoms with Gasteiger partial charge in [-0.05, 0) is 44.4 Å². The van der Waals surface area contributed by atoms with Crippen LogP contribution in [0.5, 0.6) is 0 Å². The average Bonchev–Trinajstić information content (AvgIpc) is 2.89. The van der Waals surface area contributed by atoms with Crippen LogP contribution in [0.15, 0.2) is 18.2 Å². The van der Waals surface area contributed by atoms with Crippen LogP contribution in [0.25, 0.3) is 11.0 Å². The zero-order valence-electron chi connectivity index (χ0n) is 12.4. The number of benzene rings is 1. The lowest BCUT2D eigenvalue weighted by Crippen LogP contribution is -2.29. The molecule has 1 saturated heterocycles. The monoisotopic (exact) mass is 287 g/mol. The van der Waals surface area contributed by atoms with Gasteiger partial charge < -0.3 is 14.6 Å². The number of carbonyl (C=O) groups excluding carboxylic acids is 1. The number of aromatic amines is 1. The highest BCUT2D eigenvalue weighted by atomic mass is 16.5. The summed E-state index contributed by atoms with van der Waals surface area (Å²) < 4.78 is 4.95. The SMILES string of the molecule is CCOC(=O)Cc1nc2ccc(N3CCCCC3)cc2[nH]1. The number of fused-ring (bicyclic) bond motifs is 1. The molecule has 3 rings (SSSR count). The summed E-state index contributed by atoms with van der Waals surface area (Å²) in [5.41, 5.74) is 3.11. The van der Waals surface area contributed by atoms with Crippen LogP contribution in [0.2, 0.25) is 0 Å². The third-order valence-corrected chi connectivity index (χ3v) is 3.85. The van der Waals surface area contributed by atoms with Crippen molar-refractivity contribution < 1.29 is 9.53 Å². The van der Waals surface area contributed by atoms with Crippen LogP contribution >= 0.6 is 0 Å². The Morgan fingerprint density at radius 1 is 1.33 bits per heavy atom. The number of esters is 1. The molecule has 5 nitrogen and oxygen atoms in total. The summed E-state index contributed by atoms with van der Waals surface area (Å²) in [6.07, 6.45) is 4.04. The van der Waals surface area contributed by atoms with E-state index in [9.17, 15) is 4.79 Å². The van der Waals surface area contributed by atoms with Crippen LogP contribution in [-0.4, -0.2) is 35.6 Å². The summed E-state index contributed by atoms with van der Waals surface area (Å²) in [6.45, 7) is 4.45. The van der Waals surface area contributed by atoms with Crippen molar-refractivity contribution in [2.24, 2.45) is 0 Å². The molecule has 2 aromatic rings. The molecule has 0 radical (unpaired) electrons. The van der Waals surface area contributed by atoms with E-state index in [2.05, 4.69) is 27.0 Å². The molecule has 112 valence electrons. The standard InChI is InChI=1S/C16H21N3O2/c1-2-21-16(20)11-15-17-13-7-6-12(10-14(13)18-15)19-8-4-3-5-9-19/h6-7,10H,2-5,8-9,11H2,1H3,(H,17,18). The fourth-order valence-corrected chi connectivity index (χ4v) is 2.83. The number of hydrogen-bond acceptors (Lipinski definition) is 4. The van der Waals surface area contributed by atoms with Gasteiger partial charge in [-0.15, -0.1) is 0 Å². The molecule has 0 spiro atoms. The lowest BCUT2D eigenvalue weighted by Gasteiger charge is -2.28. The molecule has 0 amide bonds. The lowest BCUT2D eigenvalue weighted by atomic mass is 10.1. The smallest absolute Gasteiger partial charge is 0.313 e. The van der Waals surface area contributed by atoms with Crippen molar-refractivity contribution >= 4 is 22.7 Å². The maximum atomic E-state index is 11.5. The predicted molar refractivity (Wildman–Crippen MR) is 82.5 cm³/mol. The van der Waals surface area contributed by atoms with E-state index >= 15 is 0 Å². The second-order valence-electron chi connectivity index (χ2n) is 5.41. The summed E-state index contributed by atoms with van der Waals surface area (Å²) in [5, 5.41) is 0. The Morgan fingerprint density at radius 2 is 2.14 bits per heavy atom. The molecular weight excluding hydrogens is 266 g/mol. The van der Waals surface area contributed by atoms with Crippen LogP contribution in [-0.2, 0) is 16.0 Å². The number of ether oxygens (including phenoxy) is 1. The van der Waals surface area contributed by atoms with Gasteiger partial charge in [0.15, 0.2) is 0 Å². The van der Waals surface area contributed by atoms with Crippen LogP contribution < -0.4 is 4.90 Å². The topological polar surface area (TPSA) is 58.2 Å². The number of hydrogen-bond donors (Lipinski definition) is 1. The lowest BCUT2D eigenvalue weighted by molar-refractivity contribution is -0.142.